The fourth-order valence-corrected chi connectivity index (χ4v) is 2.72. The Balaban J connectivity index is 1.93. The number of nitrogens with one attached hydrogen (secondary N) is 3. The minimum absolute atomic E-state index is 0.0107. The normalized spacial score (nSPS) is 11.8. The second kappa shape index (κ2) is 8.46. The molecule has 0 saturated carbocycles. The van der Waals surface area contributed by atoms with Gasteiger partial charge in [0.15, 0.2) is 0 Å². The summed E-state index contributed by atoms with van der Waals surface area (Å²) >= 11 is 0. The zero-order chi connectivity index (χ0) is 18.4. The maximum absolute atomic E-state index is 12.4. The summed E-state index contributed by atoms with van der Waals surface area (Å²) in [4.78, 5) is 24.2. The van der Waals surface area contributed by atoms with Crippen molar-refractivity contribution in [1.29, 1.82) is 0 Å². The summed E-state index contributed by atoms with van der Waals surface area (Å²) in [6.45, 7) is 8.69. The molecule has 0 spiro atoms. The SMILES string of the molecule is CCNC(=O)c1cccc(CNC(=O)[C@H](C)Cc2c(C)n[nH]c2C)c1. The van der Waals surface area contributed by atoms with Gasteiger partial charge in [0.25, 0.3) is 5.91 Å². The van der Waals surface area contributed by atoms with Crippen LogP contribution < -0.4 is 10.6 Å². The zero-order valence-electron chi connectivity index (χ0n) is 15.3. The van der Waals surface area contributed by atoms with Gasteiger partial charge in [-0.3, -0.25) is 14.7 Å². The monoisotopic (exact) mass is 342 g/mol. The van der Waals surface area contributed by atoms with Crippen molar-refractivity contribution in [3.8, 4) is 0 Å². The van der Waals surface area contributed by atoms with E-state index in [1.165, 1.54) is 0 Å². The Morgan fingerprint density at radius 3 is 2.64 bits per heavy atom. The van der Waals surface area contributed by atoms with E-state index in [9.17, 15) is 9.59 Å². The van der Waals surface area contributed by atoms with Crippen molar-refractivity contribution in [2.45, 2.75) is 40.7 Å². The van der Waals surface area contributed by atoms with Gasteiger partial charge in [0, 0.05) is 30.3 Å². The first kappa shape index (κ1) is 18.7. The molecular weight excluding hydrogens is 316 g/mol. The molecule has 6 heteroatoms. The van der Waals surface area contributed by atoms with Crippen LogP contribution in [-0.4, -0.2) is 28.6 Å². The first-order valence-electron chi connectivity index (χ1n) is 8.57. The molecule has 1 aromatic heterocycles. The lowest BCUT2D eigenvalue weighted by atomic mass is 9.99. The van der Waals surface area contributed by atoms with Crippen LogP contribution in [0.1, 0.15) is 46.7 Å². The predicted octanol–water partition coefficient (Wildman–Crippen LogP) is 2.27. The second-order valence-corrected chi connectivity index (χ2v) is 6.30. The molecule has 0 radical (unpaired) electrons. The number of hydrogen-bond acceptors (Lipinski definition) is 3. The largest absolute Gasteiger partial charge is 0.352 e. The first-order valence-corrected chi connectivity index (χ1v) is 8.57. The number of aromatic nitrogens is 2. The van der Waals surface area contributed by atoms with Crippen molar-refractivity contribution in [2.75, 3.05) is 6.54 Å². The average Bonchev–Trinajstić information content (AvgIpc) is 2.92. The molecule has 2 amide bonds. The van der Waals surface area contributed by atoms with E-state index in [0.717, 1.165) is 22.5 Å². The Morgan fingerprint density at radius 1 is 1.24 bits per heavy atom. The van der Waals surface area contributed by atoms with E-state index < -0.39 is 0 Å². The fraction of sp³-hybridized carbons (Fsp3) is 0.421. The number of H-pyrrole nitrogens is 1. The summed E-state index contributed by atoms with van der Waals surface area (Å²) in [5, 5.41) is 12.8. The van der Waals surface area contributed by atoms with Crippen LogP contribution in [0.25, 0.3) is 0 Å². The van der Waals surface area contributed by atoms with E-state index in [2.05, 4.69) is 20.8 Å². The smallest absolute Gasteiger partial charge is 0.251 e. The Bertz CT molecular complexity index is 732. The van der Waals surface area contributed by atoms with Crippen LogP contribution in [-0.2, 0) is 17.8 Å². The standard InChI is InChI=1S/C19H26N4O2/c1-5-20-19(25)16-8-6-7-15(10-16)11-21-18(24)12(2)9-17-13(3)22-23-14(17)4/h6-8,10,12H,5,9,11H2,1-4H3,(H,20,25)(H,21,24)(H,22,23)/t12-/m1/s1. The van der Waals surface area contributed by atoms with E-state index in [1.54, 1.807) is 12.1 Å². The van der Waals surface area contributed by atoms with E-state index in [-0.39, 0.29) is 17.7 Å². The highest BCUT2D eigenvalue weighted by Crippen LogP contribution is 2.15. The van der Waals surface area contributed by atoms with Crippen molar-refractivity contribution in [3.63, 3.8) is 0 Å². The summed E-state index contributed by atoms with van der Waals surface area (Å²) in [5.41, 5.74) is 4.55. The van der Waals surface area contributed by atoms with Gasteiger partial charge in [-0.05, 0) is 50.5 Å². The predicted molar refractivity (Wildman–Crippen MR) is 97.2 cm³/mol. The van der Waals surface area contributed by atoms with Crippen molar-refractivity contribution in [2.24, 2.45) is 5.92 Å². The van der Waals surface area contributed by atoms with Crippen molar-refractivity contribution < 1.29 is 9.59 Å². The minimum atomic E-state index is -0.151. The van der Waals surface area contributed by atoms with Crippen molar-refractivity contribution >= 4 is 11.8 Å². The Hall–Kier alpha value is -2.63. The highest BCUT2D eigenvalue weighted by atomic mass is 16.2. The molecular formula is C19H26N4O2. The Morgan fingerprint density at radius 2 is 2.00 bits per heavy atom. The molecule has 6 nitrogen and oxygen atoms in total. The van der Waals surface area contributed by atoms with E-state index in [1.807, 2.05) is 39.8 Å². The quantitative estimate of drug-likeness (QED) is 0.721. The fourth-order valence-electron chi connectivity index (χ4n) is 2.72. The third-order valence-corrected chi connectivity index (χ3v) is 4.23. The van der Waals surface area contributed by atoms with Crippen LogP contribution in [0, 0.1) is 19.8 Å². The molecule has 134 valence electrons. The maximum atomic E-state index is 12.4. The molecule has 0 aliphatic carbocycles. The van der Waals surface area contributed by atoms with Crippen molar-refractivity contribution in [1.82, 2.24) is 20.8 Å². The molecule has 0 saturated heterocycles. The van der Waals surface area contributed by atoms with Gasteiger partial charge < -0.3 is 10.6 Å². The number of aromatic amines is 1. The van der Waals surface area contributed by atoms with Crippen molar-refractivity contribution in [3.05, 3.63) is 52.3 Å². The second-order valence-electron chi connectivity index (χ2n) is 6.30. The van der Waals surface area contributed by atoms with Crippen LogP contribution in [0.5, 0.6) is 0 Å². The van der Waals surface area contributed by atoms with Gasteiger partial charge in [0.05, 0.1) is 5.69 Å². The number of hydrogen-bond donors (Lipinski definition) is 3. The molecule has 25 heavy (non-hydrogen) atoms. The van der Waals surface area contributed by atoms with Gasteiger partial charge in [-0.1, -0.05) is 19.1 Å². The molecule has 0 aliphatic rings. The molecule has 1 heterocycles. The van der Waals surface area contributed by atoms with E-state index >= 15 is 0 Å². The summed E-state index contributed by atoms with van der Waals surface area (Å²) in [6.07, 6.45) is 0.652. The van der Waals surface area contributed by atoms with Gasteiger partial charge in [0.2, 0.25) is 5.91 Å². The molecule has 0 unspecified atom stereocenters. The third kappa shape index (κ3) is 4.92. The number of carbonyl (C=O) groups is 2. The van der Waals surface area contributed by atoms with Crippen LogP contribution in [0.3, 0.4) is 0 Å². The topological polar surface area (TPSA) is 86.9 Å². The molecule has 1 atom stereocenters. The van der Waals surface area contributed by atoms with Gasteiger partial charge in [-0.15, -0.1) is 0 Å². The van der Waals surface area contributed by atoms with Gasteiger partial charge >= 0.3 is 0 Å². The maximum Gasteiger partial charge on any atom is 0.251 e. The van der Waals surface area contributed by atoms with Crippen LogP contribution >= 0.6 is 0 Å². The summed E-state index contributed by atoms with van der Waals surface area (Å²) in [7, 11) is 0. The number of carbonyl (C=O) groups excluding carboxylic acids is 2. The minimum Gasteiger partial charge on any atom is -0.352 e. The lowest BCUT2D eigenvalue weighted by Gasteiger charge is -2.13. The van der Waals surface area contributed by atoms with Crippen LogP contribution in [0.2, 0.25) is 0 Å². The first-order chi connectivity index (χ1) is 11.9. The number of rotatable bonds is 7. The Labute approximate surface area is 148 Å². The highest BCUT2D eigenvalue weighted by molar-refractivity contribution is 5.94. The summed E-state index contributed by atoms with van der Waals surface area (Å²) in [5.74, 6) is -0.264. The van der Waals surface area contributed by atoms with Crippen LogP contribution in [0.15, 0.2) is 24.3 Å². The van der Waals surface area contributed by atoms with E-state index in [4.69, 9.17) is 0 Å². The third-order valence-electron chi connectivity index (χ3n) is 4.23. The van der Waals surface area contributed by atoms with E-state index in [0.29, 0.717) is 25.1 Å². The van der Waals surface area contributed by atoms with Gasteiger partial charge in [0.1, 0.15) is 0 Å². The molecule has 0 bridgehead atoms. The number of benzene rings is 1. The highest BCUT2D eigenvalue weighted by Gasteiger charge is 2.17. The zero-order valence-corrected chi connectivity index (χ0v) is 15.3. The molecule has 1 aromatic carbocycles. The molecule has 3 N–H and O–H groups in total. The summed E-state index contributed by atoms with van der Waals surface area (Å²) < 4.78 is 0. The molecule has 0 fully saturated rings. The Kier molecular flexibility index (Phi) is 6.33. The number of nitrogens with zero attached hydrogens (tertiary/aromatic N) is 1. The number of amides is 2. The summed E-state index contributed by atoms with van der Waals surface area (Å²) in [6, 6.07) is 7.30. The van der Waals surface area contributed by atoms with Gasteiger partial charge in [-0.2, -0.15) is 5.10 Å². The lowest BCUT2D eigenvalue weighted by molar-refractivity contribution is -0.124. The average molecular weight is 342 g/mol. The lowest BCUT2D eigenvalue weighted by Crippen LogP contribution is -2.30. The molecule has 0 aliphatic heterocycles. The van der Waals surface area contributed by atoms with Gasteiger partial charge in [-0.25, -0.2) is 0 Å². The molecule has 2 aromatic rings. The number of aryl methyl sites for hydroxylation is 2. The van der Waals surface area contributed by atoms with Crippen LogP contribution in [0.4, 0.5) is 0 Å². The molecule has 2 rings (SSSR count).